The van der Waals surface area contributed by atoms with E-state index in [0.29, 0.717) is 0 Å². The molecule has 254 valence electrons. The minimum Gasteiger partial charge on any atom is -0.455 e. The van der Waals surface area contributed by atoms with Crippen LogP contribution in [0.15, 0.2) is 217 Å². The SMILES string of the molecule is c1ccc(-c2ccc(N(c3ccc(-c4cc5ccccc5c5ccccc45)cc3)c3cccc(-c4oc5ccccc5c4-c4ccccc4)c3)cc2)cc1. The Hall–Kier alpha value is -7.16. The zero-order valence-electron chi connectivity index (χ0n) is 29.6. The van der Waals surface area contributed by atoms with Crippen LogP contribution in [0.5, 0.6) is 0 Å². The van der Waals surface area contributed by atoms with Gasteiger partial charge in [0.15, 0.2) is 0 Å². The third-order valence-corrected chi connectivity index (χ3v) is 10.5. The Morgan fingerprint density at radius 2 is 0.852 bits per heavy atom. The van der Waals surface area contributed by atoms with Crippen LogP contribution in [0.25, 0.3) is 77.2 Å². The normalized spacial score (nSPS) is 11.3. The maximum atomic E-state index is 6.66. The standard InChI is InChI=1S/C52H35NO/c1-3-14-36(15-4-1)37-26-30-42(31-27-37)53(43-32-28-38(29-33-43)49-35-40-18-7-8-21-45(40)46-22-9-10-23-47(46)49)44-20-13-19-41(34-44)52-51(39-16-5-2-6-17-39)48-24-11-12-25-50(48)54-52/h1-35H. The summed E-state index contributed by atoms with van der Waals surface area (Å²) in [6, 6.07) is 75.7. The van der Waals surface area contributed by atoms with Gasteiger partial charge in [0, 0.05) is 33.6 Å². The molecule has 1 heterocycles. The second kappa shape index (κ2) is 13.4. The highest BCUT2D eigenvalue weighted by atomic mass is 16.3. The van der Waals surface area contributed by atoms with Crippen LogP contribution in [0.4, 0.5) is 17.1 Å². The Labute approximate surface area is 314 Å². The number of nitrogens with zero attached hydrogens (tertiary/aromatic N) is 1. The van der Waals surface area contributed by atoms with Crippen molar-refractivity contribution in [1.82, 2.24) is 0 Å². The van der Waals surface area contributed by atoms with Crippen LogP contribution >= 0.6 is 0 Å². The average molecular weight is 690 g/mol. The first-order valence-electron chi connectivity index (χ1n) is 18.4. The third kappa shape index (κ3) is 5.62. The topological polar surface area (TPSA) is 16.4 Å². The molecule has 10 aromatic rings. The van der Waals surface area contributed by atoms with Crippen molar-refractivity contribution in [2.45, 2.75) is 0 Å². The molecule has 0 spiro atoms. The van der Waals surface area contributed by atoms with Gasteiger partial charge in [0.1, 0.15) is 11.3 Å². The molecule has 9 aromatic carbocycles. The highest BCUT2D eigenvalue weighted by Crippen LogP contribution is 2.44. The molecule has 2 nitrogen and oxygen atoms in total. The van der Waals surface area contributed by atoms with Crippen molar-refractivity contribution >= 4 is 49.6 Å². The number of anilines is 3. The molecule has 0 unspecified atom stereocenters. The van der Waals surface area contributed by atoms with Gasteiger partial charge < -0.3 is 9.32 Å². The van der Waals surface area contributed by atoms with Crippen molar-refractivity contribution in [3.63, 3.8) is 0 Å². The van der Waals surface area contributed by atoms with Crippen molar-refractivity contribution in [2.75, 3.05) is 4.90 Å². The molecule has 0 saturated heterocycles. The van der Waals surface area contributed by atoms with E-state index >= 15 is 0 Å². The van der Waals surface area contributed by atoms with Crippen molar-refractivity contribution in [3.05, 3.63) is 212 Å². The fraction of sp³-hybridized carbons (Fsp3) is 0. The summed E-state index contributed by atoms with van der Waals surface area (Å²) in [6.45, 7) is 0. The molecule has 54 heavy (non-hydrogen) atoms. The number of fused-ring (bicyclic) bond motifs is 4. The molecule has 0 aliphatic heterocycles. The summed E-state index contributed by atoms with van der Waals surface area (Å²) in [6.07, 6.45) is 0. The monoisotopic (exact) mass is 689 g/mol. The quantitative estimate of drug-likeness (QED) is 0.155. The summed E-state index contributed by atoms with van der Waals surface area (Å²) in [7, 11) is 0. The zero-order valence-corrected chi connectivity index (χ0v) is 29.6. The summed E-state index contributed by atoms with van der Waals surface area (Å²) in [4.78, 5) is 2.34. The summed E-state index contributed by atoms with van der Waals surface area (Å²) in [5.74, 6) is 0.863. The molecule has 0 aliphatic carbocycles. The van der Waals surface area contributed by atoms with E-state index in [-0.39, 0.29) is 0 Å². The zero-order chi connectivity index (χ0) is 35.8. The Kier molecular flexibility index (Phi) is 7.85. The van der Waals surface area contributed by atoms with Crippen LogP contribution in [0, 0.1) is 0 Å². The third-order valence-electron chi connectivity index (χ3n) is 10.5. The lowest BCUT2D eigenvalue weighted by atomic mass is 9.93. The average Bonchev–Trinajstić information content (AvgIpc) is 3.65. The second-order valence-corrected chi connectivity index (χ2v) is 13.7. The minimum atomic E-state index is 0.863. The van der Waals surface area contributed by atoms with Gasteiger partial charge in [-0.15, -0.1) is 0 Å². The molecule has 0 radical (unpaired) electrons. The van der Waals surface area contributed by atoms with Gasteiger partial charge in [-0.05, 0) is 97.9 Å². The summed E-state index contributed by atoms with van der Waals surface area (Å²) in [5.41, 5.74) is 12.1. The van der Waals surface area contributed by atoms with Crippen LogP contribution in [-0.4, -0.2) is 0 Å². The van der Waals surface area contributed by atoms with E-state index in [1.165, 1.54) is 43.8 Å². The largest absolute Gasteiger partial charge is 0.455 e. The molecule has 10 rings (SSSR count). The molecule has 0 fully saturated rings. The predicted molar refractivity (Wildman–Crippen MR) is 228 cm³/mol. The van der Waals surface area contributed by atoms with Crippen molar-refractivity contribution in [1.29, 1.82) is 0 Å². The van der Waals surface area contributed by atoms with E-state index in [0.717, 1.165) is 50.5 Å². The Morgan fingerprint density at radius 1 is 0.315 bits per heavy atom. The molecule has 0 bridgehead atoms. The number of furan rings is 1. The molecule has 0 atom stereocenters. The van der Waals surface area contributed by atoms with Gasteiger partial charge in [-0.2, -0.15) is 0 Å². The van der Waals surface area contributed by atoms with E-state index in [9.17, 15) is 0 Å². The van der Waals surface area contributed by atoms with Crippen LogP contribution in [0.1, 0.15) is 0 Å². The first kappa shape index (κ1) is 31.6. The van der Waals surface area contributed by atoms with Crippen molar-refractivity contribution in [3.8, 4) is 44.7 Å². The fourth-order valence-corrected chi connectivity index (χ4v) is 7.89. The number of hydrogen-bond acceptors (Lipinski definition) is 2. The summed E-state index contributed by atoms with van der Waals surface area (Å²) < 4.78 is 6.66. The second-order valence-electron chi connectivity index (χ2n) is 13.7. The maximum Gasteiger partial charge on any atom is 0.143 e. The van der Waals surface area contributed by atoms with Gasteiger partial charge in [-0.1, -0.05) is 164 Å². The van der Waals surface area contributed by atoms with Gasteiger partial charge in [0.05, 0.1) is 0 Å². The van der Waals surface area contributed by atoms with Gasteiger partial charge in [0.25, 0.3) is 0 Å². The Balaban J connectivity index is 1.11. The first-order valence-corrected chi connectivity index (χ1v) is 18.4. The first-order chi connectivity index (χ1) is 26.8. The van der Waals surface area contributed by atoms with Crippen LogP contribution in [-0.2, 0) is 0 Å². The van der Waals surface area contributed by atoms with E-state index < -0.39 is 0 Å². The summed E-state index contributed by atoms with van der Waals surface area (Å²) >= 11 is 0. The van der Waals surface area contributed by atoms with E-state index in [2.05, 4.69) is 211 Å². The van der Waals surface area contributed by atoms with Crippen molar-refractivity contribution in [2.24, 2.45) is 0 Å². The molecule has 2 heteroatoms. The van der Waals surface area contributed by atoms with Crippen LogP contribution in [0.3, 0.4) is 0 Å². The molecular formula is C52H35NO. The highest BCUT2D eigenvalue weighted by Gasteiger charge is 2.20. The lowest BCUT2D eigenvalue weighted by molar-refractivity contribution is 0.632. The molecule has 1 aromatic heterocycles. The number of hydrogen-bond donors (Lipinski definition) is 0. The lowest BCUT2D eigenvalue weighted by Gasteiger charge is -2.26. The molecule has 0 aliphatic rings. The Morgan fingerprint density at radius 3 is 1.57 bits per heavy atom. The smallest absolute Gasteiger partial charge is 0.143 e. The number of para-hydroxylation sites is 1. The van der Waals surface area contributed by atoms with Gasteiger partial charge in [-0.25, -0.2) is 0 Å². The van der Waals surface area contributed by atoms with Crippen LogP contribution < -0.4 is 4.90 Å². The number of rotatable bonds is 7. The van der Waals surface area contributed by atoms with E-state index in [1.807, 2.05) is 6.07 Å². The molecule has 0 saturated carbocycles. The number of benzene rings is 9. The predicted octanol–water partition coefficient (Wildman–Crippen LogP) is 14.9. The Bertz CT molecular complexity index is 2910. The molecular weight excluding hydrogens is 655 g/mol. The van der Waals surface area contributed by atoms with Gasteiger partial charge in [-0.3, -0.25) is 0 Å². The van der Waals surface area contributed by atoms with Gasteiger partial charge >= 0.3 is 0 Å². The van der Waals surface area contributed by atoms with E-state index in [4.69, 9.17) is 4.42 Å². The van der Waals surface area contributed by atoms with Crippen LogP contribution in [0.2, 0.25) is 0 Å². The van der Waals surface area contributed by atoms with Gasteiger partial charge in [0.2, 0.25) is 0 Å². The van der Waals surface area contributed by atoms with Crippen molar-refractivity contribution < 1.29 is 4.42 Å². The molecule has 0 N–H and O–H groups in total. The fourth-order valence-electron chi connectivity index (χ4n) is 7.89. The highest BCUT2D eigenvalue weighted by molar-refractivity contribution is 6.13. The molecule has 0 amide bonds. The maximum absolute atomic E-state index is 6.66. The minimum absolute atomic E-state index is 0.863. The van der Waals surface area contributed by atoms with E-state index in [1.54, 1.807) is 0 Å². The summed E-state index contributed by atoms with van der Waals surface area (Å²) in [5, 5.41) is 6.15. The lowest BCUT2D eigenvalue weighted by Crippen LogP contribution is -2.10.